The van der Waals surface area contributed by atoms with E-state index in [0.29, 0.717) is 45.9 Å². The van der Waals surface area contributed by atoms with Crippen LogP contribution in [0.4, 0.5) is 11.4 Å². The minimum atomic E-state index is -0.366. The van der Waals surface area contributed by atoms with Gasteiger partial charge < -0.3 is 29.6 Å². The largest absolute Gasteiger partial charge is 0.351 e. The molecule has 5 aromatic rings. The maximum atomic E-state index is 13.1. The number of carbonyl (C=O) groups is 3. The fourth-order valence-electron chi connectivity index (χ4n) is 4.91. The summed E-state index contributed by atoms with van der Waals surface area (Å²) in [7, 11) is 7.82. The van der Waals surface area contributed by atoms with Gasteiger partial charge in [0.15, 0.2) is 0 Å². The number of aryl methyl sites for hydroxylation is 2. The fourth-order valence-corrected chi connectivity index (χ4v) is 4.91. The first-order valence-corrected chi connectivity index (χ1v) is 15.1. The van der Waals surface area contributed by atoms with E-state index in [2.05, 4.69) is 47.3 Å². The molecule has 2 aromatic carbocycles. The van der Waals surface area contributed by atoms with Crippen LogP contribution in [0.3, 0.4) is 0 Å². The molecule has 5 rings (SSSR count). The van der Waals surface area contributed by atoms with Gasteiger partial charge in [-0.15, -0.1) is 0 Å². The van der Waals surface area contributed by atoms with Crippen LogP contribution in [0.5, 0.6) is 0 Å². The molecule has 3 N–H and O–H groups in total. The van der Waals surface area contributed by atoms with Crippen LogP contribution in [0.25, 0.3) is 23.2 Å². The Bertz CT molecular complexity index is 1900. The molecule has 0 aliphatic carbocycles. The van der Waals surface area contributed by atoms with E-state index in [-0.39, 0.29) is 17.7 Å². The number of amides is 3. The molecule has 0 bridgehead atoms. The molecule has 0 unspecified atom stereocenters. The SMILES string of the molecule is CC[N+](C)(C)CCCNC(=O)c1cc(NC(=O)c2cc(NC(=O)c3ccc(/C=C/c4ccc5nonc5c4)cc3)cn2C)cn1C. The lowest BCUT2D eigenvalue weighted by Gasteiger charge is -2.28. The van der Waals surface area contributed by atoms with Crippen LogP contribution in [0.15, 0.2) is 71.6 Å². The van der Waals surface area contributed by atoms with Crippen LogP contribution in [0.1, 0.15) is 55.8 Å². The lowest BCUT2D eigenvalue weighted by atomic mass is 10.1. The van der Waals surface area contributed by atoms with Gasteiger partial charge in [0, 0.05) is 45.0 Å². The van der Waals surface area contributed by atoms with Gasteiger partial charge in [0.25, 0.3) is 17.7 Å². The molecule has 12 nitrogen and oxygen atoms in total. The van der Waals surface area contributed by atoms with E-state index in [9.17, 15) is 14.4 Å². The summed E-state index contributed by atoms with van der Waals surface area (Å²) in [5.41, 5.74) is 5.51. The highest BCUT2D eigenvalue weighted by Crippen LogP contribution is 2.19. The molecule has 3 amide bonds. The summed E-state index contributed by atoms with van der Waals surface area (Å²) in [6, 6.07) is 16.1. The summed E-state index contributed by atoms with van der Waals surface area (Å²) in [5, 5.41) is 16.3. The predicted molar refractivity (Wildman–Crippen MR) is 178 cm³/mol. The van der Waals surface area contributed by atoms with E-state index in [1.807, 2.05) is 42.5 Å². The molecule has 0 saturated carbocycles. The van der Waals surface area contributed by atoms with Gasteiger partial charge in [-0.1, -0.05) is 30.4 Å². The highest BCUT2D eigenvalue weighted by molar-refractivity contribution is 6.07. The van der Waals surface area contributed by atoms with Gasteiger partial charge in [-0.25, -0.2) is 4.63 Å². The number of anilines is 2. The van der Waals surface area contributed by atoms with E-state index >= 15 is 0 Å². The average molecular weight is 624 g/mol. The van der Waals surface area contributed by atoms with Crippen molar-refractivity contribution >= 4 is 52.3 Å². The van der Waals surface area contributed by atoms with Crippen LogP contribution in [0, 0.1) is 0 Å². The molecule has 0 atom stereocenters. The van der Waals surface area contributed by atoms with E-state index < -0.39 is 0 Å². The zero-order valence-electron chi connectivity index (χ0n) is 26.7. The molecule has 0 spiro atoms. The van der Waals surface area contributed by atoms with Crippen molar-refractivity contribution in [3.05, 3.63) is 95.1 Å². The Kier molecular flexibility index (Phi) is 9.47. The Hall–Kier alpha value is -5.49. The zero-order valence-corrected chi connectivity index (χ0v) is 26.7. The van der Waals surface area contributed by atoms with Crippen LogP contribution in [-0.4, -0.2) is 75.4 Å². The van der Waals surface area contributed by atoms with E-state index in [1.165, 1.54) is 0 Å². The average Bonchev–Trinajstić information content (AvgIpc) is 3.76. The minimum Gasteiger partial charge on any atom is -0.351 e. The van der Waals surface area contributed by atoms with E-state index in [4.69, 9.17) is 4.63 Å². The Morgan fingerprint density at radius 2 is 1.37 bits per heavy atom. The number of quaternary nitrogens is 1. The maximum Gasteiger partial charge on any atom is 0.272 e. The van der Waals surface area contributed by atoms with Crippen molar-refractivity contribution in [2.24, 2.45) is 14.1 Å². The monoisotopic (exact) mass is 623 g/mol. The lowest BCUT2D eigenvalue weighted by molar-refractivity contribution is -0.888. The summed E-state index contributed by atoms with van der Waals surface area (Å²) in [4.78, 5) is 38.8. The van der Waals surface area contributed by atoms with Gasteiger partial charge in [-0.05, 0) is 64.8 Å². The molecule has 3 aromatic heterocycles. The Morgan fingerprint density at radius 1 is 0.783 bits per heavy atom. The van der Waals surface area contributed by atoms with Crippen molar-refractivity contribution in [3.63, 3.8) is 0 Å². The molecule has 46 heavy (non-hydrogen) atoms. The highest BCUT2D eigenvalue weighted by Gasteiger charge is 2.18. The number of fused-ring (bicyclic) bond motifs is 1. The first-order valence-electron chi connectivity index (χ1n) is 15.1. The van der Waals surface area contributed by atoms with Crippen molar-refractivity contribution in [1.82, 2.24) is 24.8 Å². The Labute approximate surface area is 267 Å². The minimum absolute atomic E-state index is 0.194. The smallest absolute Gasteiger partial charge is 0.272 e. The summed E-state index contributed by atoms with van der Waals surface area (Å²) in [6.45, 7) is 4.72. The highest BCUT2D eigenvalue weighted by atomic mass is 16.6. The number of hydrogen-bond donors (Lipinski definition) is 3. The number of aromatic nitrogens is 4. The zero-order chi connectivity index (χ0) is 32.8. The third kappa shape index (κ3) is 7.77. The topological polar surface area (TPSA) is 136 Å². The molecule has 0 aliphatic heterocycles. The molecular formula is C34H39N8O4+. The van der Waals surface area contributed by atoms with Gasteiger partial charge in [0.05, 0.1) is 38.6 Å². The molecule has 12 heteroatoms. The second-order valence-electron chi connectivity index (χ2n) is 11.9. The Balaban J connectivity index is 1.15. The molecule has 238 valence electrons. The Morgan fingerprint density at radius 3 is 2.04 bits per heavy atom. The molecule has 0 saturated heterocycles. The van der Waals surface area contributed by atoms with Crippen molar-refractivity contribution in [3.8, 4) is 0 Å². The van der Waals surface area contributed by atoms with Crippen molar-refractivity contribution < 1.29 is 23.5 Å². The number of nitrogens with zero attached hydrogens (tertiary/aromatic N) is 5. The maximum absolute atomic E-state index is 13.1. The fraction of sp³-hybridized carbons (Fsp3) is 0.265. The van der Waals surface area contributed by atoms with E-state index in [0.717, 1.165) is 35.1 Å². The number of carbonyl (C=O) groups excluding carboxylic acids is 3. The van der Waals surface area contributed by atoms with Crippen LogP contribution in [-0.2, 0) is 14.1 Å². The standard InChI is InChI=1S/C34H38N8O4/c1-6-42(4,5)17-7-16-35-33(44)30-19-27(22-40(30)2)37-34(45)31-20-26(21-41(31)3)36-32(43)25-13-10-23(11-14-25)8-9-24-12-15-28-29(18-24)39-46-38-28/h8-15,18-22H,6-7,16-17H2,1-5H3,(H2-,35,36,37,43,44,45)/p+1/b9-8+. The number of hydrogen-bond acceptors (Lipinski definition) is 6. The third-order valence-corrected chi connectivity index (χ3v) is 7.99. The van der Waals surface area contributed by atoms with Crippen molar-refractivity contribution in [1.29, 1.82) is 0 Å². The van der Waals surface area contributed by atoms with Crippen LogP contribution >= 0.6 is 0 Å². The van der Waals surface area contributed by atoms with Crippen LogP contribution in [0.2, 0.25) is 0 Å². The molecule has 0 aliphatic rings. The second-order valence-corrected chi connectivity index (χ2v) is 11.9. The molecule has 3 heterocycles. The second kappa shape index (κ2) is 13.7. The quantitative estimate of drug-likeness (QED) is 0.104. The normalized spacial score (nSPS) is 11.7. The first-order chi connectivity index (χ1) is 22.0. The first kappa shape index (κ1) is 31.9. The molecule has 0 radical (unpaired) electrons. The van der Waals surface area contributed by atoms with Gasteiger partial charge in [-0.2, -0.15) is 0 Å². The lowest BCUT2D eigenvalue weighted by Crippen LogP contribution is -2.41. The van der Waals surface area contributed by atoms with Gasteiger partial charge in [-0.3, -0.25) is 14.4 Å². The number of nitrogens with one attached hydrogen (secondary N) is 3. The number of benzene rings is 2. The van der Waals surface area contributed by atoms with Gasteiger partial charge in [0.1, 0.15) is 22.4 Å². The van der Waals surface area contributed by atoms with Gasteiger partial charge >= 0.3 is 0 Å². The van der Waals surface area contributed by atoms with Crippen molar-refractivity contribution in [2.45, 2.75) is 13.3 Å². The molecule has 0 fully saturated rings. The van der Waals surface area contributed by atoms with Gasteiger partial charge in [0.2, 0.25) is 0 Å². The number of rotatable bonds is 12. The van der Waals surface area contributed by atoms with E-state index in [1.54, 1.807) is 59.9 Å². The summed E-state index contributed by atoms with van der Waals surface area (Å²) < 4.78 is 8.96. The van der Waals surface area contributed by atoms with Crippen LogP contribution < -0.4 is 16.0 Å². The summed E-state index contributed by atoms with van der Waals surface area (Å²) in [5.74, 6) is -0.858. The third-order valence-electron chi connectivity index (χ3n) is 7.99. The van der Waals surface area contributed by atoms with Crippen molar-refractivity contribution in [2.75, 3.05) is 44.4 Å². The molecular weight excluding hydrogens is 584 g/mol. The summed E-state index contributed by atoms with van der Waals surface area (Å²) in [6.07, 6.45) is 8.13. The predicted octanol–water partition coefficient (Wildman–Crippen LogP) is 4.79. The summed E-state index contributed by atoms with van der Waals surface area (Å²) >= 11 is 0.